The van der Waals surface area contributed by atoms with Gasteiger partial charge in [0, 0.05) is 33.9 Å². The van der Waals surface area contributed by atoms with E-state index in [9.17, 15) is 0 Å². The largest absolute Gasteiger partial charge is 0.458 e. The number of benzene rings is 8. The number of aromatic nitrogens is 1. The summed E-state index contributed by atoms with van der Waals surface area (Å²) in [7, 11) is 0. The van der Waals surface area contributed by atoms with Gasteiger partial charge in [-0.15, -0.1) is 0 Å². The molecule has 0 spiro atoms. The molecular weight excluding hydrogens is 585 g/mol. The molecule has 0 N–H and O–H groups in total. The van der Waals surface area contributed by atoms with Crippen molar-refractivity contribution in [3.8, 4) is 39.8 Å². The Bertz CT molecular complexity index is 2690. The molecule has 2 aliphatic rings. The molecule has 0 radical (unpaired) electrons. The van der Waals surface area contributed by atoms with E-state index in [1.54, 1.807) is 0 Å². The van der Waals surface area contributed by atoms with Crippen LogP contribution in [0.3, 0.4) is 0 Å². The molecule has 0 saturated carbocycles. The molecule has 1 aromatic heterocycles. The first-order valence-electron chi connectivity index (χ1n) is 16.5. The normalized spacial score (nSPS) is 12.9. The fraction of sp³-hybridized carbons (Fsp3) is 0. The maximum Gasteiger partial charge on any atom is 0.260 e. The number of fused-ring (bicyclic) bond motifs is 9. The summed E-state index contributed by atoms with van der Waals surface area (Å²) in [4.78, 5) is 0. The molecule has 4 heteroatoms. The zero-order chi connectivity index (χ0) is 31.3. The van der Waals surface area contributed by atoms with Crippen molar-refractivity contribution in [3.63, 3.8) is 0 Å². The number of hydrogen-bond donors (Lipinski definition) is 0. The Hall–Kier alpha value is -6.26. The molecule has 8 aromatic carbocycles. The van der Waals surface area contributed by atoms with E-state index in [4.69, 9.17) is 9.47 Å². The van der Waals surface area contributed by atoms with Gasteiger partial charge >= 0.3 is 0 Å². The van der Waals surface area contributed by atoms with Crippen molar-refractivity contribution in [2.45, 2.75) is 0 Å². The van der Waals surface area contributed by atoms with Crippen LogP contribution in [0.25, 0.3) is 60.2 Å². The summed E-state index contributed by atoms with van der Waals surface area (Å²) < 4.78 is 15.9. The zero-order valence-corrected chi connectivity index (χ0v) is 25.9. The van der Waals surface area contributed by atoms with Gasteiger partial charge in [0.2, 0.25) is 0 Å². The number of rotatable bonds is 2. The SMILES string of the molecule is c1ccc2c(c1)Oc1cc(-n3c4ccccc4c4cccc(-c5c6ccccc6cc6ccccc56)c43)cc3c1B2c1ccccc1O3. The van der Waals surface area contributed by atoms with Gasteiger partial charge in [0.05, 0.1) is 16.7 Å². The van der Waals surface area contributed by atoms with Crippen LogP contribution in [0.5, 0.6) is 23.0 Å². The lowest BCUT2D eigenvalue weighted by Crippen LogP contribution is -2.57. The molecular formula is C44H26BNO2. The zero-order valence-electron chi connectivity index (χ0n) is 25.9. The van der Waals surface area contributed by atoms with Gasteiger partial charge in [-0.05, 0) is 62.3 Å². The van der Waals surface area contributed by atoms with Gasteiger partial charge in [0.15, 0.2) is 0 Å². The standard InChI is InChI=1S/C44H26BNO2/c1-3-14-30-27(12-1)24-28-13-2-4-15-31(28)42(30)34-18-11-17-33-32-16-5-8-21-37(32)46(44(33)34)29-25-40-43-41(26-29)48-39-23-10-7-20-36(39)45(43)35-19-6-9-22-38(35)47-40/h1-26H. The van der Waals surface area contributed by atoms with Crippen LogP contribution < -0.4 is 25.9 Å². The second-order valence-corrected chi connectivity index (χ2v) is 12.8. The van der Waals surface area contributed by atoms with E-state index in [0.717, 1.165) is 56.1 Å². The number of ether oxygens (including phenoxy) is 2. The summed E-state index contributed by atoms with van der Waals surface area (Å²) in [6, 6.07) is 56.5. The Labute approximate surface area is 277 Å². The molecule has 0 bridgehead atoms. The van der Waals surface area contributed by atoms with Gasteiger partial charge in [-0.2, -0.15) is 0 Å². The van der Waals surface area contributed by atoms with Crippen LogP contribution in [0, 0.1) is 0 Å². The molecule has 9 aromatic rings. The average Bonchev–Trinajstić information content (AvgIpc) is 3.48. The van der Waals surface area contributed by atoms with E-state index in [2.05, 4.69) is 150 Å². The Morgan fingerprint density at radius 3 is 1.65 bits per heavy atom. The number of para-hydroxylation sites is 4. The Morgan fingerprint density at radius 1 is 0.438 bits per heavy atom. The minimum absolute atomic E-state index is 0.0368. The smallest absolute Gasteiger partial charge is 0.260 e. The van der Waals surface area contributed by atoms with E-state index in [0.29, 0.717) is 0 Å². The monoisotopic (exact) mass is 611 g/mol. The lowest BCUT2D eigenvalue weighted by Gasteiger charge is -2.33. The van der Waals surface area contributed by atoms with Gasteiger partial charge < -0.3 is 14.0 Å². The first kappa shape index (κ1) is 25.9. The Morgan fingerprint density at radius 2 is 0.979 bits per heavy atom. The highest BCUT2D eigenvalue weighted by molar-refractivity contribution is 6.98. The van der Waals surface area contributed by atoms with Crippen molar-refractivity contribution in [2.24, 2.45) is 0 Å². The van der Waals surface area contributed by atoms with Crippen LogP contribution in [0.15, 0.2) is 158 Å². The van der Waals surface area contributed by atoms with E-state index in [-0.39, 0.29) is 6.71 Å². The van der Waals surface area contributed by atoms with Crippen molar-refractivity contribution in [3.05, 3.63) is 158 Å². The Balaban J connectivity index is 1.26. The van der Waals surface area contributed by atoms with Gasteiger partial charge in [-0.3, -0.25) is 0 Å². The molecule has 0 aliphatic carbocycles. The third-order valence-electron chi connectivity index (χ3n) is 10.3. The first-order chi connectivity index (χ1) is 23.8. The van der Waals surface area contributed by atoms with E-state index in [1.165, 1.54) is 43.4 Å². The van der Waals surface area contributed by atoms with Crippen molar-refractivity contribution in [2.75, 3.05) is 0 Å². The predicted molar refractivity (Wildman–Crippen MR) is 199 cm³/mol. The fourth-order valence-electron chi connectivity index (χ4n) is 8.30. The topological polar surface area (TPSA) is 23.4 Å². The molecule has 0 amide bonds. The molecule has 2 aliphatic heterocycles. The molecule has 0 fully saturated rings. The van der Waals surface area contributed by atoms with Gasteiger partial charge in [-0.25, -0.2) is 0 Å². The van der Waals surface area contributed by atoms with Crippen LogP contribution in [-0.2, 0) is 0 Å². The summed E-state index contributed by atoms with van der Waals surface area (Å²) in [5, 5.41) is 7.36. The van der Waals surface area contributed by atoms with Crippen LogP contribution in [0.4, 0.5) is 0 Å². The maximum atomic E-state index is 6.74. The maximum absolute atomic E-state index is 6.74. The highest BCUT2D eigenvalue weighted by Gasteiger charge is 2.40. The fourth-order valence-corrected chi connectivity index (χ4v) is 8.30. The molecule has 48 heavy (non-hydrogen) atoms. The molecule has 3 heterocycles. The van der Waals surface area contributed by atoms with Crippen LogP contribution in [-0.4, -0.2) is 11.3 Å². The van der Waals surface area contributed by atoms with Crippen LogP contribution in [0.2, 0.25) is 0 Å². The molecule has 222 valence electrons. The van der Waals surface area contributed by atoms with Gasteiger partial charge in [0.1, 0.15) is 23.0 Å². The van der Waals surface area contributed by atoms with E-state index >= 15 is 0 Å². The summed E-state index contributed by atoms with van der Waals surface area (Å²) in [6.07, 6.45) is 0. The van der Waals surface area contributed by atoms with Gasteiger partial charge in [0.25, 0.3) is 6.71 Å². The lowest BCUT2D eigenvalue weighted by molar-refractivity contribution is 0.464. The molecule has 0 unspecified atom stereocenters. The van der Waals surface area contributed by atoms with E-state index in [1.807, 2.05) is 12.1 Å². The minimum atomic E-state index is 0.0368. The number of hydrogen-bond acceptors (Lipinski definition) is 2. The molecule has 11 rings (SSSR count). The lowest BCUT2D eigenvalue weighted by atomic mass is 9.35. The summed E-state index contributed by atoms with van der Waals surface area (Å²) in [5.74, 6) is 3.44. The highest BCUT2D eigenvalue weighted by atomic mass is 16.5. The second-order valence-electron chi connectivity index (χ2n) is 12.8. The molecule has 3 nitrogen and oxygen atoms in total. The van der Waals surface area contributed by atoms with Crippen LogP contribution >= 0.6 is 0 Å². The van der Waals surface area contributed by atoms with Crippen molar-refractivity contribution < 1.29 is 9.47 Å². The number of nitrogens with zero attached hydrogens (tertiary/aromatic N) is 1. The third kappa shape index (κ3) is 3.49. The predicted octanol–water partition coefficient (Wildman–Crippen LogP) is 9.48. The van der Waals surface area contributed by atoms with Crippen molar-refractivity contribution in [1.82, 2.24) is 4.57 Å². The summed E-state index contributed by atoms with van der Waals surface area (Å²) >= 11 is 0. The highest BCUT2D eigenvalue weighted by Crippen LogP contribution is 2.45. The average molecular weight is 612 g/mol. The summed E-state index contributed by atoms with van der Waals surface area (Å²) in [6.45, 7) is 0.0368. The van der Waals surface area contributed by atoms with E-state index < -0.39 is 0 Å². The van der Waals surface area contributed by atoms with Crippen LogP contribution in [0.1, 0.15) is 0 Å². The Kier molecular flexibility index (Phi) is 5.19. The second kappa shape index (κ2) is 9.63. The van der Waals surface area contributed by atoms with Crippen molar-refractivity contribution >= 4 is 66.5 Å². The molecule has 0 saturated heterocycles. The van der Waals surface area contributed by atoms with Gasteiger partial charge in [-0.1, -0.05) is 121 Å². The molecule has 0 atom stereocenters. The minimum Gasteiger partial charge on any atom is -0.458 e. The quantitative estimate of drug-likeness (QED) is 0.144. The van der Waals surface area contributed by atoms with Crippen molar-refractivity contribution in [1.29, 1.82) is 0 Å². The third-order valence-corrected chi connectivity index (χ3v) is 10.3. The first-order valence-corrected chi connectivity index (χ1v) is 16.5. The summed E-state index contributed by atoms with van der Waals surface area (Å²) in [5.41, 5.74) is 9.15.